The molecule has 0 unspecified atom stereocenters. The number of nitrogens with zero attached hydrogens (tertiary/aromatic N) is 2. The van der Waals surface area contributed by atoms with Crippen molar-refractivity contribution in [3.63, 3.8) is 0 Å². The van der Waals surface area contributed by atoms with Gasteiger partial charge in [0.1, 0.15) is 5.82 Å². The first-order valence-electron chi connectivity index (χ1n) is 5.31. The van der Waals surface area contributed by atoms with Crippen LogP contribution in [0.1, 0.15) is 18.5 Å². The van der Waals surface area contributed by atoms with Crippen molar-refractivity contribution in [1.82, 2.24) is 9.97 Å². The fourth-order valence-corrected chi connectivity index (χ4v) is 1.31. The van der Waals surface area contributed by atoms with Gasteiger partial charge in [0, 0.05) is 32.0 Å². The molecule has 0 aromatic carbocycles. The molecular weight excluding hydrogens is 206 g/mol. The molecule has 0 bridgehead atoms. The average Bonchev–Trinajstić information content (AvgIpc) is 2.28. The monoisotopic (exact) mass is 225 g/mol. The zero-order chi connectivity index (χ0) is 11.8. The molecule has 0 amide bonds. The van der Waals surface area contributed by atoms with Crippen LogP contribution in [0.4, 0.5) is 11.8 Å². The summed E-state index contributed by atoms with van der Waals surface area (Å²) in [6.45, 7) is 3.56. The molecule has 0 radical (unpaired) electrons. The third-order valence-corrected chi connectivity index (χ3v) is 2.06. The molecule has 4 N–H and O–H groups in total. The highest BCUT2D eigenvalue weighted by Crippen LogP contribution is 2.08. The highest BCUT2D eigenvalue weighted by atomic mass is 16.5. The summed E-state index contributed by atoms with van der Waals surface area (Å²) < 4.78 is 4.97. The molecule has 0 saturated heterocycles. The molecule has 0 aliphatic carbocycles. The molecule has 0 spiro atoms. The van der Waals surface area contributed by atoms with Crippen molar-refractivity contribution in [3.05, 3.63) is 11.8 Å². The molecule has 90 valence electrons. The lowest BCUT2D eigenvalue weighted by molar-refractivity contribution is 0.194. The topological polar surface area (TPSA) is 85.1 Å². The molecular formula is C10H19N5O. The van der Waals surface area contributed by atoms with Gasteiger partial charge in [-0.1, -0.05) is 0 Å². The van der Waals surface area contributed by atoms with E-state index in [0.29, 0.717) is 5.95 Å². The Morgan fingerprint density at radius 1 is 1.38 bits per heavy atom. The smallest absolute Gasteiger partial charge is 0.239 e. The van der Waals surface area contributed by atoms with E-state index in [1.54, 1.807) is 7.11 Å². The van der Waals surface area contributed by atoms with Crippen LogP contribution in [0.5, 0.6) is 0 Å². The van der Waals surface area contributed by atoms with E-state index in [1.165, 1.54) is 0 Å². The van der Waals surface area contributed by atoms with Gasteiger partial charge in [-0.05, 0) is 19.8 Å². The third-order valence-electron chi connectivity index (χ3n) is 2.06. The number of aromatic nitrogens is 2. The summed E-state index contributed by atoms with van der Waals surface area (Å²) in [7, 11) is 1.71. The molecule has 6 heteroatoms. The normalized spacial score (nSPS) is 10.2. The summed E-state index contributed by atoms with van der Waals surface area (Å²) in [6.07, 6.45) is 2.08. The molecule has 0 atom stereocenters. The van der Waals surface area contributed by atoms with Gasteiger partial charge in [0.15, 0.2) is 0 Å². The molecule has 1 rings (SSSR count). The van der Waals surface area contributed by atoms with Gasteiger partial charge in [-0.2, -0.15) is 4.98 Å². The Morgan fingerprint density at radius 2 is 2.19 bits per heavy atom. The van der Waals surface area contributed by atoms with Crippen LogP contribution in [0.15, 0.2) is 6.07 Å². The largest absolute Gasteiger partial charge is 0.385 e. The number of hydrogen-bond donors (Lipinski definition) is 3. The summed E-state index contributed by atoms with van der Waals surface area (Å²) in [5, 5.41) is 3.22. The third kappa shape index (κ3) is 4.41. The van der Waals surface area contributed by atoms with Gasteiger partial charge >= 0.3 is 0 Å². The fraction of sp³-hybridized carbons (Fsp3) is 0.600. The van der Waals surface area contributed by atoms with Gasteiger partial charge in [0.2, 0.25) is 5.95 Å². The molecule has 0 aliphatic heterocycles. The number of hydrogen-bond acceptors (Lipinski definition) is 6. The maximum absolute atomic E-state index is 5.26. The van der Waals surface area contributed by atoms with Crippen LogP contribution in [0.3, 0.4) is 0 Å². The van der Waals surface area contributed by atoms with Gasteiger partial charge in [-0.3, -0.25) is 5.43 Å². The highest BCUT2D eigenvalue weighted by Gasteiger charge is 1.99. The molecule has 0 aliphatic rings. The zero-order valence-electron chi connectivity index (χ0n) is 9.79. The number of unbranched alkanes of at least 4 members (excludes halogenated alkanes) is 1. The molecule has 1 heterocycles. The zero-order valence-corrected chi connectivity index (χ0v) is 9.79. The molecule has 1 aromatic heterocycles. The quantitative estimate of drug-likeness (QED) is 0.363. The Balaban J connectivity index is 2.38. The van der Waals surface area contributed by atoms with Gasteiger partial charge in [-0.15, -0.1) is 0 Å². The van der Waals surface area contributed by atoms with E-state index in [1.807, 2.05) is 13.0 Å². The minimum absolute atomic E-state index is 0.430. The maximum atomic E-state index is 5.26. The SMILES string of the molecule is COCCCCNc1cc(C)nc(NN)n1. The lowest BCUT2D eigenvalue weighted by atomic mass is 10.3. The second kappa shape index (κ2) is 6.97. The van der Waals surface area contributed by atoms with Crippen molar-refractivity contribution < 1.29 is 4.74 Å². The molecule has 16 heavy (non-hydrogen) atoms. The number of rotatable bonds is 7. The average molecular weight is 225 g/mol. The number of aryl methyl sites for hydroxylation is 1. The number of methoxy groups -OCH3 is 1. The van der Waals surface area contributed by atoms with Crippen molar-refractivity contribution in [1.29, 1.82) is 0 Å². The Bertz CT molecular complexity index is 318. The van der Waals surface area contributed by atoms with Gasteiger partial charge in [-0.25, -0.2) is 10.8 Å². The minimum Gasteiger partial charge on any atom is -0.385 e. The first-order valence-corrected chi connectivity index (χ1v) is 5.31. The van der Waals surface area contributed by atoms with E-state index in [-0.39, 0.29) is 0 Å². The predicted octanol–water partition coefficient (Wildman–Crippen LogP) is 0.909. The van der Waals surface area contributed by atoms with E-state index < -0.39 is 0 Å². The minimum atomic E-state index is 0.430. The summed E-state index contributed by atoms with van der Waals surface area (Å²) in [4.78, 5) is 8.28. The Hall–Kier alpha value is -1.40. The van der Waals surface area contributed by atoms with Crippen molar-refractivity contribution >= 4 is 11.8 Å². The number of nitrogens with one attached hydrogen (secondary N) is 2. The molecule has 0 fully saturated rings. The van der Waals surface area contributed by atoms with E-state index in [2.05, 4.69) is 20.7 Å². The summed E-state index contributed by atoms with van der Waals surface area (Å²) in [5.41, 5.74) is 3.31. The maximum Gasteiger partial charge on any atom is 0.239 e. The van der Waals surface area contributed by atoms with E-state index in [0.717, 1.165) is 37.5 Å². The molecule has 0 saturated carbocycles. The van der Waals surface area contributed by atoms with Gasteiger partial charge in [0.25, 0.3) is 0 Å². The Labute approximate surface area is 95.6 Å². The van der Waals surface area contributed by atoms with Gasteiger partial charge in [0.05, 0.1) is 0 Å². The number of nitrogens with two attached hydrogens (primary N) is 1. The van der Waals surface area contributed by atoms with Crippen LogP contribution in [0.25, 0.3) is 0 Å². The van der Waals surface area contributed by atoms with Crippen molar-refractivity contribution in [3.8, 4) is 0 Å². The first kappa shape index (κ1) is 12.7. The number of nitrogen functional groups attached to an aromatic ring is 1. The van der Waals surface area contributed by atoms with E-state index >= 15 is 0 Å². The Kier molecular flexibility index (Phi) is 5.52. The van der Waals surface area contributed by atoms with Crippen LogP contribution in [0, 0.1) is 6.92 Å². The van der Waals surface area contributed by atoms with Gasteiger partial charge < -0.3 is 10.1 Å². The van der Waals surface area contributed by atoms with Crippen LogP contribution in [-0.4, -0.2) is 30.2 Å². The van der Waals surface area contributed by atoms with E-state index in [4.69, 9.17) is 10.6 Å². The Morgan fingerprint density at radius 3 is 2.88 bits per heavy atom. The second-order valence-electron chi connectivity index (χ2n) is 3.49. The number of ether oxygens (including phenoxy) is 1. The summed E-state index contributed by atoms with van der Waals surface area (Å²) in [6, 6.07) is 1.89. The first-order chi connectivity index (χ1) is 7.76. The fourth-order valence-electron chi connectivity index (χ4n) is 1.31. The molecule has 1 aromatic rings. The lowest BCUT2D eigenvalue weighted by Crippen LogP contribution is -2.13. The van der Waals surface area contributed by atoms with Crippen molar-refractivity contribution in [2.75, 3.05) is 31.0 Å². The number of anilines is 2. The van der Waals surface area contributed by atoms with Crippen LogP contribution in [-0.2, 0) is 4.74 Å². The lowest BCUT2D eigenvalue weighted by Gasteiger charge is -2.07. The number of hydrazine groups is 1. The van der Waals surface area contributed by atoms with Crippen molar-refractivity contribution in [2.24, 2.45) is 5.84 Å². The second-order valence-corrected chi connectivity index (χ2v) is 3.49. The summed E-state index contributed by atoms with van der Waals surface area (Å²) >= 11 is 0. The highest BCUT2D eigenvalue weighted by molar-refractivity contribution is 5.41. The standard InChI is InChI=1S/C10H19N5O/c1-8-7-9(14-10(13-8)15-11)12-5-3-4-6-16-2/h7H,3-6,11H2,1-2H3,(H2,12,13,14,15). The predicted molar refractivity (Wildman–Crippen MR) is 64.2 cm³/mol. The summed E-state index contributed by atoms with van der Waals surface area (Å²) in [5.74, 6) is 6.48. The van der Waals surface area contributed by atoms with Crippen LogP contribution < -0.4 is 16.6 Å². The van der Waals surface area contributed by atoms with Crippen LogP contribution in [0.2, 0.25) is 0 Å². The molecule has 6 nitrogen and oxygen atoms in total. The van der Waals surface area contributed by atoms with E-state index in [9.17, 15) is 0 Å². The van der Waals surface area contributed by atoms with Crippen LogP contribution >= 0.6 is 0 Å². The van der Waals surface area contributed by atoms with Crippen molar-refractivity contribution in [2.45, 2.75) is 19.8 Å².